The lowest BCUT2D eigenvalue weighted by Gasteiger charge is -2.02. The monoisotopic (exact) mass is 218 g/mol. The number of carbonyl (C=O) groups excluding carboxylic acids is 1. The van der Waals surface area contributed by atoms with Gasteiger partial charge >= 0.3 is 5.97 Å². The standard InChI is InChI=1S/C12H14N2O2/c1-3-16-12(15)10-9-7(2)5-4-6-8(9)14-11(10)13/h4-6,14H,3,13H2,1-2H3. The molecule has 2 aromatic rings. The van der Waals surface area contributed by atoms with Gasteiger partial charge in [-0.2, -0.15) is 0 Å². The van der Waals surface area contributed by atoms with Crippen molar-refractivity contribution < 1.29 is 9.53 Å². The first-order chi connectivity index (χ1) is 7.65. The number of nitrogens with two attached hydrogens (primary N) is 1. The Morgan fingerprint density at radius 3 is 2.94 bits per heavy atom. The molecule has 84 valence electrons. The topological polar surface area (TPSA) is 68.1 Å². The van der Waals surface area contributed by atoms with Gasteiger partial charge in [0.15, 0.2) is 0 Å². The minimum atomic E-state index is -0.374. The first kappa shape index (κ1) is 10.5. The summed E-state index contributed by atoms with van der Waals surface area (Å²) in [5, 5.41) is 0.846. The zero-order chi connectivity index (χ0) is 11.7. The lowest BCUT2D eigenvalue weighted by atomic mass is 10.1. The Morgan fingerprint density at radius 2 is 2.25 bits per heavy atom. The number of nitrogens with one attached hydrogen (secondary N) is 1. The number of esters is 1. The number of H-pyrrole nitrogens is 1. The molecule has 0 aliphatic rings. The molecule has 0 aliphatic carbocycles. The van der Waals surface area contributed by atoms with Gasteiger partial charge in [0.2, 0.25) is 0 Å². The molecule has 0 amide bonds. The van der Waals surface area contributed by atoms with Crippen LogP contribution in [0.2, 0.25) is 0 Å². The van der Waals surface area contributed by atoms with E-state index in [9.17, 15) is 4.79 Å². The molecule has 0 saturated heterocycles. The molecule has 0 bridgehead atoms. The van der Waals surface area contributed by atoms with E-state index in [1.807, 2.05) is 25.1 Å². The van der Waals surface area contributed by atoms with Crippen molar-refractivity contribution >= 4 is 22.7 Å². The van der Waals surface area contributed by atoms with Gasteiger partial charge in [-0.3, -0.25) is 0 Å². The highest BCUT2D eigenvalue weighted by atomic mass is 16.5. The Hall–Kier alpha value is -1.97. The lowest BCUT2D eigenvalue weighted by molar-refractivity contribution is 0.0530. The maximum absolute atomic E-state index is 11.8. The normalized spacial score (nSPS) is 10.6. The molecule has 4 heteroatoms. The average molecular weight is 218 g/mol. The van der Waals surface area contributed by atoms with Crippen LogP contribution in [0.1, 0.15) is 22.8 Å². The number of rotatable bonds is 2. The molecule has 1 aromatic carbocycles. The summed E-state index contributed by atoms with van der Waals surface area (Å²) in [6.45, 7) is 4.06. The SMILES string of the molecule is CCOC(=O)c1c(N)[nH]c2cccc(C)c12. The molecular weight excluding hydrogens is 204 g/mol. The molecule has 2 rings (SSSR count). The predicted molar refractivity (Wildman–Crippen MR) is 63.4 cm³/mol. The predicted octanol–water partition coefficient (Wildman–Crippen LogP) is 2.24. The first-order valence-corrected chi connectivity index (χ1v) is 5.19. The van der Waals surface area contributed by atoms with Gasteiger partial charge in [0, 0.05) is 10.9 Å². The molecule has 0 aliphatic heterocycles. The van der Waals surface area contributed by atoms with Gasteiger partial charge in [0.25, 0.3) is 0 Å². The number of aromatic nitrogens is 1. The number of hydrogen-bond donors (Lipinski definition) is 2. The van der Waals surface area contributed by atoms with Crippen molar-refractivity contribution in [1.82, 2.24) is 4.98 Å². The third-order valence-electron chi connectivity index (χ3n) is 2.54. The molecule has 0 atom stereocenters. The second kappa shape index (κ2) is 3.89. The minimum absolute atomic E-state index is 0.344. The van der Waals surface area contributed by atoms with E-state index >= 15 is 0 Å². The average Bonchev–Trinajstić information content (AvgIpc) is 2.56. The van der Waals surface area contributed by atoms with Crippen LogP contribution in [0.5, 0.6) is 0 Å². The minimum Gasteiger partial charge on any atom is -0.462 e. The number of fused-ring (bicyclic) bond motifs is 1. The van der Waals surface area contributed by atoms with E-state index in [2.05, 4.69) is 4.98 Å². The maximum Gasteiger partial charge on any atom is 0.342 e. The molecule has 0 saturated carbocycles. The van der Waals surface area contributed by atoms with E-state index in [4.69, 9.17) is 10.5 Å². The molecule has 1 aromatic heterocycles. The third kappa shape index (κ3) is 1.52. The van der Waals surface area contributed by atoms with Crippen LogP contribution in [0.3, 0.4) is 0 Å². The number of ether oxygens (including phenoxy) is 1. The van der Waals surface area contributed by atoms with Crippen molar-refractivity contribution in [3.05, 3.63) is 29.3 Å². The Balaban J connectivity index is 2.68. The van der Waals surface area contributed by atoms with E-state index in [0.29, 0.717) is 18.0 Å². The molecule has 1 heterocycles. The molecule has 0 radical (unpaired) electrons. The summed E-state index contributed by atoms with van der Waals surface area (Å²) in [5.41, 5.74) is 8.11. The van der Waals surface area contributed by atoms with E-state index in [1.165, 1.54) is 0 Å². The zero-order valence-electron chi connectivity index (χ0n) is 9.33. The van der Waals surface area contributed by atoms with Crippen LogP contribution < -0.4 is 5.73 Å². The largest absolute Gasteiger partial charge is 0.462 e. The lowest BCUT2D eigenvalue weighted by Crippen LogP contribution is -2.07. The van der Waals surface area contributed by atoms with Gasteiger partial charge in [-0.15, -0.1) is 0 Å². The highest BCUT2D eigenvalue weighted by Crippen LogP contribution is 2.27. The summed E-state index contributed by atoms with van der Waals surface area (Å²) in [4.78, 5) is 14.8. The van der Waals surface area contributed by atoms with Gasteiger partial charge in [0.05, 0.1) is 6.61 Å². The highest BCUT2D eigenvalue weighted by molar-refractivity contribution is 6.10. The van der Waals surface area contributed by atoms with E-state index < -0.39 is 0 Å². The fraction of sp³-hybridized carbons (Fsp3) is 0.250. The van der Waals surface area contributed by atoms with Gasteiger partial charge in [-0.1, -0.05) is 12.1 Å². The quantitative estimate of drug-likeness (QED) is 0.759. The van der Waals surface area contributed by atoms with Crippen LogP contribution in [0, 0.1) is 6.92 Å². The van der Waals surface area contributed by atoms with E-state index in [1.54, 1.807) is 6.92 Å². The number of carbonyl (C=O) groups is 1. The van der Waals surface area contributed by atoms with Crippen molar-refractivity contribution in [3.8, 4) is 0 Å². The third-order valence-corrected chi connectivity index (χ3v) is 2.54. The van der Waals surface area contributed by atoms with E-state index in [-0.39, 0.29) is 5.97 Å². The number of aromatic amines is 1. The Morgan fingerprint density at radius 1 is 1.50 bits per heavy atom. The van der Waals surface area contributed by atoms with Crippen molar-refractivity contribution in [1.29, 1.82) is 0 Å². The summed E-state index contributed by atoms with van der Waals surface area (Å²) < 4.78 is 4.99. The van der Waals surface area contributed by atoms with Crippen molar-refractivity contribution in [2.45, 2.75) is 13.8 Å². The number of benzene rings is 1. The van der Waals surface area contributed by atoms with Crippen LogP contribution in [0.4, 0.5) is 5.82 Å². The van der Waals surface area contributed by atoms with Crippen molar-refractivity contribution in [3.63, 3.8) is 0 Å². The van der Waals surface area contributed by atoms with Crippen LogP contribution in [-0.4, -0.2) is 17.6 Å². The second-order valence-electron chi connectivity index (χ2n) is 3.63. The fourth-order valence-electron chi connectivity index (χ4n) is 1.86. The highest BCUT2D eigenvalue weighted by Gasteiger charge is 2.18. The van der Waals surface area contributed by atoms with Gasteiger partial charge in [-0.25, -0.2) is 4.79 Å². The molecule has 0 unspecified atom stereocenters. The molecule has 4 nitrogen and oxygen atoms in total. The summed E-state index contributed by atoms with van der Waals surface area (Å²) in [6.07, 6.45) is 0. The van der Waals surface area contributed by atoms with Gasteiger partial charge in [-0.05, 0) is 25.5 Å². The number of anilines is 1. The summed E-state index contributed by atoms with van der Waals surface area (Å²) in [6, 6.07) is 5.75. The Bertz CT molecular complexity index is 543. The van der Waals surface area contributed by atoms with Gasteiger partial charge < -0.3 is 15.5 Å². The number of aryl methyl sites for hydroxylation is 1. The molecule has 0 spiro atoms. The second-order valence-corrected chi connectivity index (χ2v) is 3.63. The van der Waals surface area contributed by atoms with E-state index in [0.717, 1.165) is 16.5 Å². The first-order valence-electron chi connectivity index (χ1n) is 5.19. The number of nitrogen functional groups attached to an aromatic ring is 1. The van der Waals surface area contributed by atoms with Crippen LogP contribution in [0.25, 0.3) is 10.9 Å². The molecule has 3 N–H and O–H groups in total. The molecule has 16 heavy (non-hydrogen) atoms. The maximum atomic E-state index is 11.8. The van der Waals surface area contributed by atoms with Gasteiger partial charge in [0.1, 0.15) is 11.4 Å². The van der Waals surface area contributed by atoms with Crippen LogP contribution >= 0.6 is 0 Å². The smallest absolute Gasteiger partial charge is 0.342 e. The Labute approximate surface area is 93.4 Å². The Kier molecular flexibility index (Phi) is 2.56. The molecular formula is C12H14N2O2. The summed E-state index contributed by atoms with van der Waals surface area (Å²) in [7, 11) is 0. The zero-order valence-corrected chi connectivity index (χ0v) is 9.33. The van der Waals surface area contributed by atoms with Crippen LogP contribution in [0.15, 0.2) is 18.2 Å². The molecule has 0 fully saturated rings. The fourth-order valence-corrected chi connectivity index (χ4v) is 1.86. The van der Waals surface area contributed by atoms with Crippen LogP contribution in [-0.2, 0) is 4.74 Å². The van der Waals surface area contributed by atoms with Crippen molar-refractivity contribution in [2.24, 2.45) is 0 Å². The number of hydrogen-bond acceptors (Lipinski definition) is 3. The summed E-state index contributed by atoms with van der Waals surface area (Å²) >= 11 is 0. The van der Waals surface area contributed by atoms with Crippen molar-refractivity contribution in [2.75, 3.05) is 12.3 Å². The summed E-state index contributed by atoms with van der Waals surface area (Å²) in [5.74, 6) is -0.0108.